The number of hydrogen-bond acceptors (Lipinski definition) is 4. The van der Waals surface area contributed by atoms with Gasteiger partial charge in [-0.2, -0.15) is 0 Å². The zero-order chi connectivity index (χ0) is 11.4. The fourth-order valence-corrected chi connectivity index (χ4v) is 1.97. The molecule has 1 saturated carbocycles. The largest absolute Gasteiger partial charge is 0.418 e. The first-order valence-corrected chi connectivity index (χ1v) is 5.60. The van der Waals surface area contributed by atoms with Crippen molar-refractivity contribution in [3.63, 3.8) is 0 Å². The zero-order valence-electron chi connectivity index (χ0n) is 8.98. The lowest BCUT2D eigenvalue weighted by Gasteiger charge is -2.22. The maximum absolute atomic E-state index is 11.4. The third kappa shape index (κ3) is 2.98. The molecule has 0 spiro atoms. The molecule has 88 valence electrons. The van der Waals surface area contributed by atoms with E-state index in [0.29, 0.717) is 0 Å². The Bertz CT molecular complexity index is 307. The lowest BCUT2D eigenvalue weighted by molar-refractivity contribution is -0.150. The van der Waals surface area contributed by atoms with Gasteiger partial charge in [-0.1, -0.05) is 19.3 Å². The molecule has 1 amide bonds. The molecular formula is C11H15NO4. The maximum Gasteiger partial charge on any atom is 0.410 e. The van der Waals surface area contributed by atoms with Gasteiger partial charge in [0.25, 0.3) is 6.29 Å². The number of alkyl carbamates (subject to hydrolysis) is 1. The zero-order valence-corrected chi connectivity index (χ0v) is 8.98. The highest BCUT2D eigenvalue weighted by Crippen LogP contribution is 2.17. The molecule has 0 saturated heterocycles. The van der Waals surface area contributed by atoms with Gasteiger partial charge in [0.15, 0.2) is 0 Å². The summed E-state index contributed by atoms with van der Waals surface area (Å²) in [7, 11) is 0. The number of amides is 1. The Morgan fingerprint density at radius 1 is 1.38 bits per heavy atom. The minimum atomic E-state index is -0.865. The predicted molar refractivity (Wildman–Crippen MR) is 55.5 cm³/mol. The summed E-state index contributed by atoms with van der Waals surface area (Å²) in [4.78, 5) is 22.1. The molecule has 1 unspecified atom stereocenters. The molecule has 0 aromatic heterocycles. The SMILES string of the molecule is O=C1C=CC(OC(=O)NC2CCCCC2)O1. The Hall–Kier alpha value is -1.52. The number of carbonyl (C=O) groups is 2. The second-order valence-electron chi connectivity index (χ2n) is 4.05. The van der Waals surface area contributed by atoms with Crippen molar-refractivity contribution in [2.75, 3.05) is 0 Å². The summed E-state index contributed by atoms with van der Waals surface area (Å²) < 4.78 is 9.59. The quantitative estimate of drug-likeness (QED) is 0.723. The fourth-order valence-electron chi connectivity index (χ4n) is 1.97. The van der Waals surface area contributed by atoms with Crippen molar-refractivity contribution in [3.8, 4) is 0 Å². The number of esters is 1. The van der Waals surface area contributed by atoms with Crippen LogP contribution in [0, 0.1) is 0 Å². The number of rotatable bonds is 2. The molecule has 0 aromatic carbocycles. The molecular weight excluding hydrogens is 210 g/mol. The van der Waals surface area contributed by atoms with Crippen LogP contribution in [0.4, 0.5) is 4.79 Å². The van der Waals surface area contributed by atoms with Crippen LogP contribution in [0.2, 0.25) is 0 Å². The average Bonchev–Trinajstić information content (AvgIpc) is 2.65. The Morgan fingerprint density at radius 2 is 2.12 bits per heavy atom. The highest BCUT2D eigenvalue weighted by atomic mass is 16.7. The van der Waals surface area contributed by atoms with Crippen molar-refractivity contribution >= 4 is 12.1 Å². The molecule has 0 bridgehead atoms. The van der Waals surface area contributed by atoms with Crippen molar-refractivity contribution in [2.24, 2.45) is 0 Å². The van der Waals surface area contributed by atoms with E-state index in [9.17, 15) is 9.59 Å². The summed E-state index contributed by atoms with van der Waals surface area (Å²) >= 11 is 0. The van der Waals surface area contributed by atoms with E-state index in [1.54, 1.807) is 0 Å². The van der Waals surface area contributed by atoms with Crippen LogP contribution in [-0.4, -0.2) is 24.4 Å². The fraction of sp³-hybridized carbons (Fsp3) is 0.636. The topological polar surface area (TPSA) is 64.6 Å². The van der Waals surface area contributed by atoms with Gasteiger partial charge in [0, 0.05) is 18.2 Å². The van der Waals surface area contributed by atoms with Crippen molar-refractivity contribution in [2.45, 2.75) is 44.4 Å². The molecule has 0 aromatic rings. The first kappa shape index (κ1) is 11.0. The Labute approximate surface area is 93.8 Å². The van der Waals surface area contributed by atoms with Crippen LogP contribution in [-0.2, 0) is 14.3 Å². The summed E-state index contributed by atoms with van der Waals surface area (Å²) in [5.41, 5.74) is 0. The van der Waals surface area contributed by atoms with Gasteiger partial charge in [0.1, 0.15) is 0 Å². The van der Waals surface area contributed by atoms with Crippen LogP contribution >= 0.6 is 0 Å². The Morgan fingerprint density at radius 3 is 2.75 bits per heavy atom. The van der Waals surface area contributed by atoms with Crippen LogP contribution in [0.25, 0.3) is 0 Å². The number of cyclic esters (lactones) is 1. The van der Waals surface area contributed by atoms with Crippen LogP contribution in [0.3, 0.4) is 0 Å². The van der Waals surface area contributed by atoms with Crippen LogP contribution < -0.4 is 5.32 Å². The average molecular weight is 225 g/mol. The second kappa shape index (κ2) is 5.01. The lowest BCUT2D eigenvalue weighted by Crippen LogP contribution is -2.38. The molecule has 1 atom stereocenters. The molecule has 1 fully saturated rings. The van der Waals surface area contributed by atoms with Gasteiger partial charge in [-0.25, -0.2) is 9.59 Å². The lowest BCUT2D eigenvalue weighted by atomic mass is 9.96. The smallest absolute Gasteiger partial charge is 0.410 e. The van der Waals surface area contributed by atoms with Crippen molar-refractivity contribution < 1.29 is 19.1 Å². The van der Waals surface area contributed by atoms with Gasteiger partial charge in [0.05, 0.1) is 0 Å². The summed E-state index contributed by atoms with van der Waals surface area (Å²) in [5.74, 6) is -0.476. The van der Waals surface area contributed by atoms with E-state index in [1.807, 2.05) is 0 Å². The van der Waals surface area contributed by atoms with Crippen LogP contribution in [0.15, 0.2) is 12.2 Å². The van der Waals surface area contributed by atoms with E-state index < -0.39 is 18.4 Å². The van der Waals surface area contributed by atoms with Crippen molar-refractivity contribution in [1.82, 2.24) is 5.32 Å². The number of ether oxygens (including phenoxy) is 2. The van der Waals surface area contributed by atoms with Crippen LogP contribution in [0.1, 0.15) is 32.1 Å². The van der Waals surface area contributed by atoms with Gasteiger partial charge < -0.3 is 14.8 Å². The number of hydrogen-bond donors (Lipinski definition) is 1. The van der Waals surface area contributed by atoms with E-state index in [0.717, 1.165) is 25.7 Å². The minimum Gasteiger partial charge on any atom is -0.418 e. The van der Waals surface area contributed by atoms with Gasteiger partial charge in [0.2, 0.25) is 0 Å². The summed E-state index contributed by atoms with van der Waals surface area (Å²) in [6.45, 7) is 0. The molecule has 1 heterocycles. The van der Waals surface area contributed by atoms with Crippen molar-refractivity contribution in [1.29, 1.82) is 0 Å². The van der Waals surface area contributed by atoms with E-state index in [4.69, 9.17) is 4.74 Å². The van der Waals surface area contributed by atoms with Crippen LogP contribution in [0.5, 0.6) is 0 Å². The van der Waals surface area contributed by atoms with E-state index in [1.165, 1.54) is 18.6 Å². The molecule has 16 heavy (non-hydrogen) atoms. The van der Waals surface area contributed by atoms with E-state index in [2.05, 4.69) is 10.1 Å². The Kier molecular flexibility index (Phi) is 3.44. The second-order valence-corrected chi connectivity index (χ2v) is 4.05. The molecule has 1 aliphatic heterocycles. The molecule has 0 radical (unpaired) electrons. The first-order chi connectivity index (χ1) is 7.74. The first-order valence-electron chi connectivity index (χ1n) is 5.60. The molecule has 5 heteroatoms. The highest BCUT2D eigenvalue weighted by molar-refractivity contribution is 5.84. The third-order valence-corrected chi connectivity index (χ3v) is 2.77. The summed E-state index contributed by atoms with van der Waals surface area (Å²) in [6, 6.07) is 0.197. The van der Waals surface area contributed by atoms with E-state index >= 15 is 0 Å². The summed E-state index contributed by atoms with van der Waals surface area (Å²) in [5, 5.41) is 2.77. The summed E-state index contributed by atoms with van der Waals surface area (Å²) in [6.07, 6.45) is 6.79. The standard InChI is InChI=1S/C11H15NO4/c13-9-6-7-10(15-9)16-11(14)12-8-4-2-1-3-5-8/h6-8,10H,1-5H2,(H,12,14). The van der Waals surface area contributed by atoms with Gasteiger partial charge in [-0.3, -0.25) is 0 Å². The number of nitrogens with one attached hydrogen (secondary N) is 1. The normalized spacial score (nSPS) is 25.2. The Balaban J connectivity index is 1.71. The number of carbonyl (C=O) groups excluding carboxylic acids is 2. The third-order valence-electron chi connectivity index (χ3n) is 2.77. The molecule has 5 nitrogen and oxygen atoms in total. The molecule has 2 rings (SSSR count). The van der Waals surface area contributed by atoms with Gasteiger partial charge >= 0.3 is 12.1 Å². The van der Waals surface area contributed by atoms with Crippen molar-refractivity contribution in [3.05, 3.63) is 12.2 Å². The highest BCUT2D eigenvalue weighted by Gasteiger charge is 2.22. The van der Waals surface area contributed by atoms with E-state index in [-0.39, 0.29) is 6.04 Å². The predicted octanol–water partition coefficient (Wildman–Crippen LogP) is 1.48. The monoisotopic (exact) mass is 225 g/mol. The molecule has 1 aliphatic carbocycles. The molecule has 1 N–H and O–H groups in total. The maximum atomic E-state index is 11.4. The van der Waals surface area contributed by atoms with Gasteiger partial charge in [-0.05, 0) is 12.8 Å². The molecule has 2 aliphatic rings. The van der Waals surface area contributed by atoms with Gasteiger partial charge in [-0.15, -0.1) is 0 Å². The minimum absolute atomic E-state index is 0.197.